The van der Waals surface area contributed by atoms with E-state index in [0.29, 0.717) is 24.1 Å². The van der Waals surface area contributed by atoms with Gasteiger partial charge in [0.15, 0.2) is 0 Å². The van der Waals surface area contributed by atoms with Crippen LogP contribution in [-0.4, -0.2) is 70.7 Å². The molecule has 8 nitrogen and oxygen atoms in total. The van der Waals surface area contributed by atoms with E-state index in [1.54, 1.807) is 0 Å². The fraction of sp³-hybridized carbons (Fsp3) is 0.795. The van der Waals surface area contributed by atoms with Gasteiger partial charge in [0.05, 0.1) is 34.4 Å². The Morgan fingerprint density at radius 3 is 1.55 bits per heavy atom. The highest BCUT2D eigenvalue weighted by molar-refractivity contribution is 7.45. The summed E-state index contributed by atoms with van der Waals surface area (Å²) in [5.41, 5.74) is 0. The smallest absolute Gasteiger partial charge is 0.306 e. The van der Waals surface area contributed by atoms with E-state index < -0.39 is 13.9 Å². The van der Waals surface area contributed by atoms with Crippen molar-refractivity contribution in [2.45, 2.75) is 174 Å². The highest BCUT2D eigenvalue weighted by atomic mass is 31.2. The lowest BCUT2D eigenvalue weighted by Crippen LogP contribution is -2.37. The van der Waals surface area contributed by atoms with Gasteiger partial charge in [0, 0.05) is 13.0 Å². The number of unbranched alkanes of at least 4 members (excludes halogenated alkanes) is 17. The molecule has 0 rings (SSSR count). The van der Waals surface area contributed by atoms with Gasteiger partial charge in [-0.1, -0.05) is 159 Å². The van der Waals surface area contributed by atoms with Gasteiger partial charge in [-0.3, -0.25) is 9.36 Å². The average molecular weight is 768 g/mol. The molecular weight excluding hydrogens is 685 g/mol. The molecule has 0 aliphatic heterocycles. The SMILES string of the molecule is CCCCCC=CCC=CCC=CCC=CCCCC(=O)OC(COCCCCCCCCCCCCCCCC)COP(=O)([O-])OCC[N+](C)(C)C. The zero-order valence-corrected chi connectivity index (χ0v) is 35.8. The highest BCUT2D eigenvalue weighted by Crippen LogP contribution is 2.38. The number of phosphoric ester groups is 1. The molecule has 2 unspecified atom stereocenters. The van der Waals surface area contributed by atoms with Crippen LogP contribution in [0.5, 0.6) is 0 Å². The van der Waals surface area contributed by atoms with Gasteiger partial charge in [-0.15, -0.1) is 0 Å². The van der Waals surface area contributed by atoms with Crippen LogP contribution in [0.1, 0.15) is 168 Å². The molecule has 0 aliphatic carbocycles. The second-order valence-corrected chi connectivity index (χ2v) is 16.8. The zero-order chi connectivity index (χ0) is 39.1. The van der Waals surface area contributed by atoms with Crippen molar-refractivity contribution in [3.8, 4) is 0 Å². The van der Waals surface area contributed by atoms with Crippen LogP contribution in [0.2, 0.25) is 0 Å². The van der Waals surface area contributed by atoms with Gasteiger partial charge < -0.3 is 27.9 Å². The lowest BCUT2D eigenvalue weighted by atomic mass is 10.0. The highest BCUT2D eigenvalue weighted by Gasteiger charge is 2.20. The Bertz CT molecular complexity index is 989. The molecular formula is C44H82NO7P. The number of nitrogens with zero attached hydrogens (tertiary/aromatic N) is 1. The number of phosphoric acid groups is 1. The lowest BCUT2D eigenvalue weighted by molar-refractivity contribution is -0.870. The minimum Gasteiger partial charge on any atom is -0.756 e. The summed E-state index contributed by atoms with van der Waals surface area (Å²) in [6.07, 6.45) is 44.1. The van der Waals surface area contributed by atoms with Crippen LogP contribution >= 0.6 is 7.82 Å². The zero-order valence-electron chi connectivity index (χ0n) is 35.0. The molecule has 0 saturated carbocycles. The number of likely N-dealkylation sites (N-methyl/N-ethyl adjacent to an activating group) is 1. The number of quaternary nitrogens is 1. The van der Waals surface area contributed by atoms with E-state index in [2.05, 4.69) is 62.5 Å². The lowest BCUT2D eigenvalue weighted by Gasteiger charge is -2.28. The second-order valence-electron chi connectivity index (χ2n) is 15.4. The fourth-order valence-corrected chi connectivity index (χ4v) is 6.27. The van der Waals surface area contributed by atoms with E-state index in [4.69, 9.17) is 18.5 Å². The topological polar surface area (TPSA) is 94.1 Å². The number of hydrogen-bond donors (Lipinski definition) is 0. The molecule has 53 heavy (non-hydrogen) atoms. The molecule has 0 fully saturated rings. The van der Waals surface area contributed by atoms with E-state index in [0.717, 1.165) is 38.5 Å². The molecule has 0 spiro atoms. The maximum Gasteiger partial charge on any atom is 0.306 e. The van der Waals surface area contributed by atoms with Gasteiger partial charge >= 0.3 is 5.97 Å². The number of carbonyl (C=O) groups excluding carboxylic acids is 1. The minimum absolute atomic E-state index is 0.0157. The van der Waals surface area contributed by atoms with Crippen molar-refractivity contribution in [2.24, 2.45) is 0 Å². The van der Waals surface area contributed by atoms with Crippen molar-refractivity contribution in [1.82, 2.24) is 0 Å². The van der Waals surface area contributed by atoms with E-state index in [-0.39, 0.29) is 32.2 Å². The first kappa shape index (κ1) is 51.5. The standard InChI is InChI=1S/C44H82NO7P/c1-6-8-10-12-14-16-18-20-22-23-24-25-27-29-31-33-35-37-44(46)52-43(42-51-53(47,48)50-40-38-45(3,4)5)41-49-39-36-34-32-30-28-26-21-19-17-15-13-11-9-7-2/h14,16,20,22,24-25,29,31,43H,6-13,15,17-19,21,23,26-28,30,32-42H2,1-5H3. The first-order valence-electron chi connectivity index (χ1n) is 21.4. The monoisotopic (exact) mass is 768 g/mol. The van der Waals surface area contributed by atoms with Gasteiger partial charge in [0.25, 0.3) is 7.82 Å². The Morgan fingerprint density at radius 1 is 0.585 bits per heavy atom. The minimum atomic E-state index is -4.54. The van der Waals surface area contributed by atoms with Crippen LogP contribution in [0.25, 0.3) is 0 Å². The van der Waals surface area contributed by atoms with Crippen LogP contribution in [0, 0.1) is 0 Å². The largest absolute Gasteiger partial charge is 0.756 e. The Hall–Kier alpha value is -1.54. The summed E-state index contributed by atoms with van der Waals surface area (Å²) >= 11 is 0. The Balaban J connectivity index is 4.36. The molecule has 0 saturated heterocycles. The summed E-state index contributed by atoms with van der Waals surface area (Å²) in [6, 6.07) is 0. The molecule has 0 aliphatic rings. The molecule has 0 aromatic carbocycles. The molecule has 0 aromatic heterocycles. The Kier molecular flexibility index (Phi) is 36.3. The average Bonchev–Trinajstić information content (AvgIpc) is 3.11. The summed E-state index contributed by atoms with van der Waals surface area (Å²) in [5.74, 6) is -0.388. The van der Waals surface area contributed by atoms with Gasteiger partial charge in [-0.05, 0) is 51.4 Å². The third-order valence-electron chi connectivity index (χ3n) is 8.88. The van der Waals surface area contributed by atoms with Crippen LogP contribution in [0.4, 0.5) is 0 Å². The number of hydrogen-bond acceptors (Lipinski definition) is 7. The van der Waals surface area contributed by atoms with Crippen LogP contribution < -0.4 is 4.89 Å². The number of carbonyl (C=O) groups is 1. The van der Waals surface area contributed by atoms with Gasteiger partial charge in [0.1, 0.15) is 19.3 Å². The molecule has 9 heteroatoms. The van der Waals surface area contributed by atoms with Crippen LogP contribution in [0.3, 0.4) is 0 Å². The van der Waals surface area contributed by atoms with Crippen LogP contribution in [0.15, 0.2) is 48.6 Å². The maximum absolute atomic E-state index is 12.6. The number of rotatable bonds is 39. The molecule has 0 heterocycles. The molecule has 0 bridgehead atoms. The number of ether oxygens (including phenoxy) is 2. The van der Waals surface area contributed by atoms with E-state index in [1.807, 2.05) is 21.1 Å². The summed E-state index contributed by atoms with van der Waals surface area (Å²) in [5, 5.41) is 0. The summed E-state index contributed by atoms with van der Waals surface area (Å²) < 4.78 is 34.5. The van der Waals surface area contributed by atoms with Gasteiger partial charge in [0.2, 0.25) is 0 Å². The van der Waals surface area contributed by atoms with E-state index in [1.165, 1.54) is 103 Å². The van der Waals surface area contributed by atoms with Crippen molar-refractivity contribution in [1.29, 1.82) is 0 Å². The Labute approximate surface area is 327 Å². The van der Waals surface area contributed by atoms with E-state index >= 15 is 0 Å². The van der Waals surface area contributed by atoms with E-state index in [9.17, 15) is 14.3 Å². The summed E-state index contributed by atoms with van der Waals surface area (Å²) in [7, 11) is 1.32. The predicted molar refractivity (Wildman–Crippen MR) is 222 cm³/mol. The van der Waals surface area contributed by atoms with Crippen molar-refractivity contribution < 1.29 is 37.3 Å². The molecule has 0 aromatic rings. The predicted octanol–water partition coefficient (Wildman–Crippen LogP) is 11.7. The summed E-state index contributed by atoms with van der Waals surface area (Å²) in [4.78, 5) is 25.0. The van der Waals surface area contributed by atoms with Crippen molar-refractivity contribution in [2.75, 3.05) is 54.1 Å². The van der Waals surface area contributed by atoms with Gasteiger partial charge in [-0.2, -0.15) is 0 Å². The van der Waals surface area contributed by atoms with Crippen molar-refractivity contribution >= 4 is 13.8 Å². The fourth-order valence-electron chi connectivity index (χ4n) is 5.54. The first-order chi connectivity index (χ1) is 25.6. The van der Waals surface area contributed by atoms with Gasteiger partial charge in [-0.25, -0.2) is 0 Å². The molecule has 0 N–H and O–H groups in total. The summed E-state index contributed by atoms with van der Waals surface area (Å²) in [6.45, 7) is 5.31. The first-order valence-corrected chi connectivity index (χ1v) is 22.8. The number of esters is 1. The van der Waals surface area contributed by atoms with Crippen molar-refractivity contribution in [3.63, 3.8) is 0 Å². The Morgan fingerprint density at radius 2 is 1.04 bits per heavy atom. The molecule has 0 radical (unpaired) electrons. The maximum atomic E-state index is 12.6. The third kappa shape index (κ3) is 41.5. The number of allylic oxidation sites excluding steroid dienone is 8. The molecule has 2 atom stereocenters. The molecule has 310 valence electrons. The van der Waals surface area contributed by atoms with Crippen LogP contribution in [-0.2, 0) is 27.9 Å². The quantitative estimate of drug-likeness (QED) is 0.0202. The normalized spacial score (nSPS) is 14.3. The second kappa shape index (κ2) is 37.4. The molecule has 0 amide bonds. The van der Waals surface area contributed by atoms with Crippen molar-refractivity contribution in [3.05, 3.63) is 48.6 Å². The third-order valence-corrected chi connectivity index (χ3v) is 9.85.